The summed E-state index contributed by atoms with van der Waals surface area (Å²) < 4.78 is 5.12. The third-order valence-electron chi connectivity index (χ3n) is 5.33. The number of amides is 2. The highest BCUT2D eigenvalue weighted by Gasteiger charge is 2.54. The van der Waals surface area contributed by atoms with Crippen LogP contribution in [0.2, 0.25) is 10.0 Å². The number of likely N-dealkylation sites (tertiary alicyclic amines) is 1. The van der Waals surface area contributed by atoms with Crippen molar-refractivity contribution in [1.82, 2.24) is 10.2 Å². The molecule has 1 saturated heterocycles. The highest BCUT2D eigenvalue weighted by atomic mass is 35.5. The average molecular weight is 428 g/mol. The maximum absolute atomic E-state index is 12.4. The fourth-order valence-electron chi connectivity index (χ4n) is 4.33. The van der Waals surface area contributed by atoms with E-state index in [-0.39, 0.29) is 28.7 Å². The minimum Gasteiger partial charge on any atom is -0.382 e. The van der Waals surface area contributed by atoms with Crippen LogP contribution in [-0.2, 0) is 14.3 Å². The van der Waals surface area contributed by atoms with Crippen LogP contribution < -0.4 is 10.6 Å². The lowest BCUT2D eigenvalue weighted by molar-refractivity contribution is -0.145. The van der Waals surface area contributed by atoms with Gasteiger partial charge in [0.2, 0.25) is 11.8 Å². The first-order valence-electron chi connectivity index (χ1n) is 9.39. The van der Waals surface area contributed by atoms with Crippen LogP contribution in [0, 0.1) is 11.3 Å². The second kappa shape index (κ2) is 8.19. The molecule has 1 heterocycles. The van der Waals surface area contributed by atoms with Crippen molar-refractivity contribution in [2.45, 2.75) is 32.2 Å². The van der Waals surface area contributed by atoms with Gasteiger partial charge in [0.15, 0.2) is 0 Å². The summed E-state index contributed by atoms with van der Waals surface area (Å²) in [6.45, 7) is 6.45. The summed E-state index contributed by atoms with van der Waals surface area (Å²) in [5, 5.41) is 6.88. The normalized spacial score (nSPS) is 19.0. The number of rotatable bonds is 7. The number of nitrogens with zero attached hydrogens (tertiary/aromatic N) is 1. The Bertz CT molecular complexity index is 735. The molecule has 0 radical (unpaired) electrons. The monoisotopic (exact) mass is 427 g/mol. The molecule has 1 aromatic rings. The van der Waals surface area contributed by atoms with Crippen LogP contribution in [0.5, 0.6) is 0 Å². The van der Waals surface area contributed by atoms with Gasteiger partial charge in [-0.15, -0.1) is 0 Å². The molecule has 2 amide bonds. The quantitative estimate of drug-likeness (QED) is 0.700. The molecule has 28 heavy (non-hydrogen) atoms. The van der Waals surface area contributed by atoms with E-state index in [1.165, 1.54) is 0 Å². The second-order valence-electron chi connectivity index (χ2n) is 8.76. The summed E-state index contributed by atoms with van der Waals surface area (Å²) in [5.41, 5.74) is 0.419. The zero-order chi connectivity index (χ0) is 20.5. The molecule has 1 spiro atoms. The van der Waals surface area contributed by atoms with Gasteiger partial charge in [0.1, 0.15) is 0 Å². The largest absolute Gasteiger partial charge is 0.382 e. The van der Waals surface area contributed by atoms with E-state index in [9.17, 15) is 9.59 Å². The molecule has 0 unspecified atom stereocenters. The molecule has 154 valence electrons. The first kappa shape index (κ1) is 21.4. The van der Waals surface area contributed by atoms with E-state index in [0.29, 0.717) is 28.9 Å². The van der Waals surface area contributed by atoms with Crippen molar-refractivity contribution < 1.29 is 14.3 Å². The smallest absolute Gasteiger partial charge is 0.234 e. The Hall–Kier alpha value is -1.34. The number of nitrogens with one attached hydrogen (secondary N) is 2. The van der Waals surface area contributed by atoms with E-state index < -0.39 is 0 Å². The van der Waals surface area contributed by atoms with Gasteiger partial charge in [-0.05, 0) is 50.3 Å². The average Bonchev–Trinajstić information content (AvgIpc) is 2.46. The van der Waals surface area contributed by atoms with Crippen LogP contribution in [0.25, 0.3) is 0 Å². The summed E-state index contributed by atoms with van der Waals surface area (Å²) in [5.74, 6) is -0.000752. The molecule has 1 aliphatic carbocycles. The first-order valence-corrected chi connectivity index (χ1v) is 10.1. The standard InChI is InChI=1S/C20H27Cl2N3O3/c1-19(2,12-28-3)24-17(26)9-25-10-20(11-25)7-13(8-20)18(27)23-16-5-14(21)4-15(22)6-16/h4-6,13H,7-12H2,1-3H3,(H,23,27)(H,24,26). The van der Waals surface area contributed by atoms with Crippen LogP contribution in [-0.4, -0.2) is 55.6 Å². The molecule has 8 heteroatoms. The van der Waals surface area contributed by atoms with E-state index in [4.69, 9.17) is 27.9 Å². The van der Waals surface area contributed by atoms with Gasteiger partial charge in [-0.3, -0.25) is 14.5 Å². The van der Waals surface area contributed by atoms with Gasteiger partial charge in [0, 0.05) is 41.8 Å². The number of carbonyl (C=O) groups is 2. The molecule has 1 saturated carbocycles. The molecule has 2 N–H and O–H groups in total. The highest BCUT2D eigenvalue weighted by molar-refractivity contribution is 6.35. The summed E-state index contributed by atoms with van der Waals surface area (Å²) in [6.07, 6.45) is 1.70. The molecule has 2 fully saturated rings. The van der Waals surface area contributed by atoms with Crippen molar-refractivity contribution >= 4 is 40.7 Å². The number of halogens is 2. The molecule has 6 nitrogen and oxygen atoms in total. The number of carbonyl (C=O) groups excluding carboxylic acids is 2. The van der Waals surface area contributed by atoms with Crippen molar-refractivity contribution in [2.24, 2.45) is 11.3 Å². The van der Waals surface area contributed by atoms with Gasteiger partial charge >= 0.3 is 0 Å². The summed E-state index contributed by atoms with van der Waals surface area (Å²) in [6, 6.07) is 5.01. The lowest BCUT2D eigenvalue weighted by atomic mass is 9.57. The molecule has 1 aliphatic heterocycles. The van der Waals surface area contributed by atoms with E-state index in [1.807, 2.05) is 13.8 Å². The Balaban J connectivity index is 1.40. The fraction of sp³-hybridized carbons (Fsp3) is 0.600. The molecule has 1 aromatic carbocycles. The van der Waals surface area contributed by atoms with Gasteiger partial charge in [-0.2, -0.15) is 0 Å². The van der Waals surface area contributed by atoms with E-state index in [2.05, 4.69) is 15.5 Å². The number of anilines is 1. The van der Waals surface area contributed by atoms with Gasteiger partial charge in [-0.25, -0.2) is 0 Å². The predicted molar refractivity (Wildman–Crippen MR) is 111 cm³/mol. The van der Waals surface area contributed by atoms with E-state index in [0.717, 1.165) is 25.9 Å². The number of hydrogen-bond acceptors (Lipinski definition) is 4. The third kappa shape index (κ3) is 5.17. The van der Waals surface area contributed by atoms with Crippen LogP contribution in [0.1, 0.15) is 26.7 Å². The van der Waals surface area contributed by atoms with Gasteiger partial charge in [0.05, 0.1) is 18.7 Å². The van der Waals surface area contributed by atoms with Crippen LogP contribution in [0.3, 0.4) is 0 Å². The zero-order valence-corrected chi connectivity index (χ0v) is 18.0. The van der Waals surface area contributed by atoms with Crippen molar-refractivity contribution in [3.05, 3.63) is 28.2 Å². The fourth-order valence-corrected chi connectivity index (χ4v) is 4.86. The van der Waals surface area contributed by atoms with E-state index >= 15 is 0 Å². The van der Waals surface area contributed by atoms with Gasteiger partial charge < -0.3 is 15.4 Å². The lowest BCUT2D eigenvalue weighted by Gasteiger charge is -2.58. The number of benzene rings is 1. The second-order valence-corrected chi connectivity index (χ2v) is 9.64. The molecule has 0 bridgehead atoms. The number of methoxy groups -OCH3 is 1. The number of ether oxygens (including phenoxy) is 1. The Kier molecular flexibility index (Phi) is 6.25. The van der Waals surface area contributed by atoms with Gasteiger partial charge in [-0.1, -0.05) is 23.2 Å². The Morgan fingerprint density at radius 3 is 2.39 bits per heavy atom. The molecule has 2 aliphatic rings. The first-order chi connectivity index (χ1) is 13.1. The molecule has 0 atom stereocenters. The SMILES string of the molecule is COCC(C)(C)NC(=O)CN1CC2(CC(C(=O)Nc3cc(Cl)cc(Cl)c3)C2)C1. The van der Waals surface area contributed by atoms with Crippen LogP contribution in [0.4, 0.5) is 5.69 Å². The maximum Gasteiger partial charge on any atom is 0.234 e. The van der Waals surface area contributed by atoms with Gasteiger partial charge in [0.25, 0.3) is 0 Å². The van der Waals surface area contributed by atoms with E-state index in [1.54, 1.807) is 25.3 Å². The minimum atomic E-state index is -0.378. The zero-order valence-electron chi connectivity index (χ0n) is 16.5. The Morgan fingerprint density at radius 2 is 1.82 bits per heavy atom. The highest BCUT2D eigenvalue weighted by Crippen LogP contribution is 2.52. The van der Waals surface area contributed by atoms with Crippen molar-refractivity contribution in [1.29, 1.82) is 0 Å². The van der Waals surface area contributed by atoms with Crippen LogP contribution in [0.15, 0.2) is 18.2 Å². The molecular formula is C20H27Cl2N3O3. The Labute approximate surface area is 175 Å². The number of hydrogen-bond donors (Lipinski definition) is 2. The maximum atomic E-state index is 12.4. The third-order valence-corrected chi connectivity index (χ3v) is 5.76. The summed E-state index contributed by atoms with van der Waals surface area (Å²) in [4.78, 5) is 26.8. The molecule has 0 aromatic heterocycles. The lowest BCUT2D eigenvalue weighted by Crippen LogP contribution is -2.65. The van der Waals surface area contributed by atoms with Crippen LogP contribution >= 0.6 is 23.2 Å². The summed E-state index contributed by atoms with van der Waals surface area (Å²) in [7, 11) is 1.62. The summed E-state index contributed by atoms with van der Waals surface area (Å²) >= 11 is 11.9. The molecular weight excluding hydrogens is 401 g/mol. The van der Waals surface area contributed by atoms with Crippen molar-refractivity contribution in [3.8, 4) is 0 Å². The minimum absolute atomic E-state index is 0.00136. The predicted octanol–water partition coefficient (Wildman–Crippen LogP) is 3.19. The topological polar surface area (TPSA) is 70.7 Å². The molecule has 3 rings (SSSR count). The van der Waals surface area contributed by atoms with Crippen molar-refractivity contribution in [3.63, 3.8) is 0 Å². The van der Waals surface area contributed by atoms with Crippen molar-refractivity contribution in [2.75, 3.05) is 38.7 Å². The Morgan fingerprint density at radius 1 is 1.21 bits per heavy atom.